The molecule has 1 aliphatic rings. The number of likely N-dealkylation sites (tertiary alicyclic amines) is 1. The molecule has 1 aromatic heterocycles. The lowest BCUT2D eigenvalue weighted by Gasteiger charge is -2.31. The number of benzene rings is 1. The van der Waals surface area contributed by atoms with E-state index in [1.54, 1.807) is 6.08 Å². The van der Waals surface area contributed by atoms with Gasteiger partial charge in [-0.25, -0.2) is 9.78 Å². The molecule has 6 nitrogen and oxygen atoms in total. The molecule has 1 atom stereocenters. The number of hydrogen-bond acceptors (Lipinski definition) is 3. The summed E-state index contributed by atoms with van der Waals surface area (Å²) < 4.78 is 0. The molecule has 2 aromatic rings. The number of rotatable bonds is 4. The molecule has 3 rings (SSSR count). The van der Waals surface area contributed by atoms with Gasteiger partial charge in [-0.1, -0.05) is 36.4 Å². The predicted octanol–water partition coefficient (Wildman–Crippen LogP) is 2.55. The van der Waals surface area contributed by atoms with E-state index in [4.69, 9.17) is 0 Å². The van der Waals surface area contributed by atoms with E-state index < -0.39 is 0 Å². The summed E-state index contributed by atoms with van der Waals surface area (Å²) in [5.41, 5.74) is 0.992. The molecule has 2 amide bonds. The van der Waals surface area contributed by atoms with Gasteiger partial charge in [0.15, 0.2) is 5.82 Å². The predicted molar refractivity (Wildman–Crippen MR) is 89.0 cm³/mol. The van der Waals surface area contributed by atoms with Crippen molar-refractivity contribution in [3.05, 3.63) is 48.8 Å². The summed E-state index contributed by atoms with van der Waals surface area (Å²) >= 11 is 0. The van der Waals surface area contributed by atoms with Crippen LogP contribution in [0.2, 0.25) is 0 Å². The van der Waals surface area contributed by atoms with E-state index in [1.165, 1.54) is 0 Å². The fourth-order valence-electron chi connectivity index (χ4n) is 2.83. The summed E-state index contributed by atoms with van der Waals surface area (Å²) in [6.07, 6.45) is 3.66. The summed E-state index contributed by atoms with van der Waals surface area (Å²) in [5, 5.41) is 10.2. The van der Waals surface area contributed by atoms with Crippen LogP contribution in [-0.4, -0.2) is 45.7 Å². The number of H-pyrrole nitrogens is 1. The first kappa shape index (κ1) is 15.3. The third-order valence-electron chi connectivity index (χ3n) is 4.03. The van der Waals surface area contributed by atoms with Crippen molar-refractivity contribution in [2.45, 2.75) is 18.8 Å². The number of urea groups is 1. The summed E-state index contributed by atoms with van der Waals surface area (Å²) in [6.45, 7) is 5.54. The highest BCUT2D eigenvalue weighted by atomic mass is 16.2. The van der Waals surface area contributed by atoms with Gasteiger partial charge in [0.25, 0.3) is 0 Å². The van der Waals surface area contributed by atoms with Crippen LogP contribution in [0.3, 0.4) is 0 Å². The normalized spacial score (nSPS) is 17.7. The minimum absolute atomic E-state index is 0.0441. The number of nitrogens with one attached hydrogen (secondary N) is 2. The van der Waals surface area contributed by atoms with Crippen LogP contribution in [0, 0.1) is 0 Å². The molecule has 0 spiro atoms. The van der Waals surface area contributed by atoms with E-state index in [0.717, 1.165) is 30.8 Å². The highest BCUT2D eigenvalue weighted by Crippen LogP contribution is 2.26. The van der Waals surface area contributed by atoms with E-state index in [2.05, 4.69) is 27.1 Å². The largest absolute Gasteiger partial charge is 0.335 e. The Morgan fingerprint density at radius 2 is 2.26 bits per heavy atom. The molecule has 1 fully saturated rings. The van der Waals surface area contributed by atoms with Crippen molar-refractivity contribution in [2.24, 2.45) is 0 Å². The molecule has 23 heavy (non-hydrogen) atoms. The van der Waals surface area contributed by atoms with Crippen molar-refractivity contribution in [1.82, 2.24) is 25.4 Å². The maximum Gasteiger partial charge on any atom is 0.317 e. The lowest BCUT2D eigenvalue weighted by Crippen LogP contribution is -2.45. The van der Waals surface area contributed by atoms with Crippen LogP contribution < -0.4 is 5.32 Å². The van der Waals surface area contributed by atoms with Gasteiger partial charge in [0.05, 0.1) is 0 Å². The van der Waals surface area contributed by atoms with Crippen molar-refractivity contribution in [2.75, 3.05) is 19.6 Å². The molecule has 1 aromatic carbocycles. The van der Waals surface area contributed by atoms with Crippen molar-refractivity contribution in [3.63, 3.8) is 0 Å². The maximum atomic E-state index is 12.1. The van der Waals surface area contributed by atoms with Crippen molar-refractivity contribution < 1.29 is 4.79 Å². The SMILES string of the molecule is C=CCNC(=O)N1CCC[C@H](c2nc(-c3ccccc3)n[nH]2)C1. The first-order valence-electron chi connectivity index (χ1n) is 7.89. The summed E-state index contributed by atoms with van der Waals surface area (Å²) in [7, 11) is 0. The average molecular weight is 311 g/mol. The molecule has 0 bridgehead atoms. The lowest BCUT2D eigenvalue weighted by molar-refractivity contribution is 0.179. The minimum Gasteiger partial charge on any atom is -0.335 e. The Labute approximate surface area is 135 Å². The number of amides is 2. The Morgan fingerprint density at radius 1 is 1.43 bits per heavy atom. The lowest BCUT2D eigenvalue weighted by atomic mass is 9.97. The molecular weight excluding hydrogens is 290 g/mol. The zero-order chi connectivity index (χ0) is 16.1. The van der Waals surface area contributed by atoms with E-state index >= 15 is 0 Å². The molecule has 0 unspecified atom stereocenters. The van der Waals surface area contributed by atoms with Gasteiger partial charge in [0.2, 0.25) is 0 Å². The molecule has 1 saturated heterocycles. The second-order valence-electron chi connectivity index (χ2n) is 5.67. The molecule has 1 aliphatic heterocycles. The van der Waals surface area contributed by atoms with Crippen molar-refractivity contribution in [1.29, 1.82) is 0 Å². The molecule has 2 heterocycles. The highest BCUT2D eigenvalue weighted by Gasteiger charge is 2.26. The molecule has 0 saturated carbocycles. The van der Waals surface area contributed by atoms with Crippen LogP contribution in [0.5, 0.6) is 0 Å². The number of carbonyl (C=O) groups excluding carboxylic acids is 1. The van der Waals surface area contributed by atoms with Crippen LogP contribution in [0.4, 0.5) is 4.79 Å². The standard InChI is InChI=1S/C17H21N5O/c1-2-10-18-17(23)22-11-6-9-14(12-22)16-19-15(20-21-16)13-7-4-3-5-8-13/h2-5,7-8,14H,1,6,9-12H2,(H,18,23)(H,19,20,21)/t14-/m0/s1. The van der Waals surface area contributed by atoms with E-state index in [0.29, 0.717) is 18.9 Å². The second kappa shape index (κ2) is 7.09. The quantitative estimate of drug-likeness (QED) is 0.852. The number of aromatic nitrogens is 3. The van der Waals surface area contributed by atoms with Crippen LogP contribution in [-0.2, 0) is 0 Å². The van der Waals surface area contributed by atoms with Gasteiger partial charge < -0.3 is 10.2 Å². The number of hydrogen-bond donors (Lipinski definition) is 2. The third-order valence-corrected chi connectivity index (χ3v) is 4.03. The van der Waals surface area contributed by atoms with Crippen LogP contribution in [0.1, 0.15) is 24.6 Å². The summed E-state index contributed by atoms with van der Waals surface area (Å²) in [5.74, 6) is 1.75. The first-order valence-corrected chi connectivity index (χ1v) is 7.89. The van der Waals surface area contributed by atoms with Gasteiger partial charge >= 0.3 is 6.03 Å². The van der Waals surface area contributed by atoms with Gasteiger partial charge in [0, 0.05) is 31.1 Å². The number of piperidine rings is 1. The number of carbonyl (C=O) groups is 1. The Hall–Kier alpha value is -2.63. The highest BCUT2D eigenvalue weighted by molar-refractivity contribution is 5.74. The van der Waals surface area contributed by atoms with Gasteiger partial charge in [-0.05, 0) is 12.8 Å². The minimum atomic E-state index is -0.0441. The van der Waals surface area contributed by atoms with Gasteiger partial charge in [-0.3, -0.25) is 5.10 Å². The Kier molecular flexibility index (Phi) is 4.71. The van der Waals surface area contributed by atoms with Crippen molar-refractivity contribution in [3.8, 4) is 11.4 Å². The van der Waals surface area contributed by atoms with Crippen LogP contribution >= 0.6 is 0 Å². The third kappa shape index (κ3) is 3.59. The Balaban J connectivity index is 1.68. The molecule has 120 valence electrons. The summed E-state index contributed by atoms with van der Waals surface area (Å²) in [4.78, 5) is 18.5. The Bertz CT molecular complexity index is 667. The fourth-order valence-corrected chi connectivity index (χ4v) is 2.83. The average Bonchev–Trinajstić information content (AvgIpc) is 3.11. The number of nitrogens with zero attached hydrogens (tertiary/aromatic N) is 3. The topological polar surface area (TPSA) is 73.9 Å². The molecule has 0 aliphatic carbocycles. The smallest absolute Gasteiger partial charge is 0.317 e. The van der Waals surface area contributed by atoms with Gasteiger partial charge in [-0.15, -0.1) is 6.58 Å². The zero-order valence-electron chi connectivity index (χ0n) is 13.0. The molecule has 6 heteroatoms. The molecule has 0 radical (unpaired) electrons. The van der Waals surface area contributed by atoms with E-state index in [-0.39, 0.29) is 11.9 Å². The number of aromatic amines is 1. The first-order chi connectivity index (χ1) is 11.3. The maximum absolute atomic E-state index is 12.1. The summed E-state index contributed by atoms with van der Waals surface area (Å²) in [6, 6.07) is 9.84. The van der Waals surface area contributed by atoms with E-state index in [9.17, 15) is 4.79 Å². The van der Waals surface area contributed by atoms with E-state index in [1.807, 2.05) is 35.2 Å². The Morgan fingerprint density at radius 3 is 3.04 bits per heavy atom. The second-order valence-corrected chi connectivity index (χ2v) is 5.67. The molecule has 2 N–H and O–H groups in total. The monoisotopic (exact) mass is 311 g/mol. The van der Waals surface area contributed by atoms with Gasteiger partial charge in [-0.2, -0.15) is 5.10 Å². The van der Waals surface area contributed by atoms with Crippen LogP contribution in [0.15, 0.2) is 43.0 Å². The fraction of sp³-hybridized carbons (Fsp3) is 0.353. The van der Waals surface area contributed by atoms with Crippen molar-refractivity contribution >= 4 is 6.03 Å². The molecular formula is C17H21N5O. The van der Waals surface area contributed by atoms with Gasteiger partial charge in [0.1, 0.15) is 5.82 Å². The van der Waals surface area contributed by atoms with Crippen LogP contribution in [0.25, 0.3) is 11.4 Å². The zero-order valence-corrected chi connectivity index (χ0v) is 13.0.